The number of ether oxygens (including phenoxy) is 1. The van der Waals surface area contributed by atoms with E-state index in [-0.39, 0.29) is 5.75 Å². The molecule has 0 aromatic carbocycles. The molecule has 6 heteroatoms. The van der Waals surface area contributed by atoms with Crippen molar-refractivity contribution in [1.29, 1.82) is 0 Å². The summed E-state index contributed by atoms with van der Waals surface area (Å²) in [6, 6.07) is 1.59. The highest BCUT2D eigenvalue weighted by Crippen LogP contribution is 2.20. The number of rotatable bonds is 3. The third-order valence-electron chi connectivity index (χ3n) is 2.76. The fraction of sp³-hybridized carbons (Fsp3) is 0.455. The van der Waals surface area contributed by atoms with E-state index in [1.165, 1.54) is 11.1 Å². The van der Waals surface area contributed by atoms with Gasteiger partial charge in [-0.25, -0.2) is 0 Å². The number of hydrogen-bond donors (Lipinski definition) is 1. The second-order valence-corrected chi connectivity index (χ2v) is 3.99. The van der Waals surface area contributed by atoms with Crippen LogP contribution in [-0.4, -0.2) is 37.8 Å². The number of alkyl halides is 2. The zero-order valence-corrected chi connectivity index (χ0v) is 9.40. The maximum atomic E-state index is 12.1. The van der Waals surface area contributed by atoms with Gasteiger partial charge >= 0.3 is 6.61 Å². The van der Waals surface area contributed by atoms with Gasteiger partial charge in [0.15, 0.2) is 0 Å². The van der Waals surface area contributed by atoms with Crippen LogP contribution in [0.25, 0.3) is 0 Å². The van der Waals surface area contributed by atoms with Crippen LogP contribution < -0.4 is 14.5 Å². The molecule has 0 amide bonds. The SMILES string of the molecule is [CH2-][NH+]1CCN(c2cncc(OC(F)F)c2)CC1. The van der Waals surface area contributed by atoms with Crippen molar-refractivity contribution in [3.05, 3.63) is 25.5 Å². The first-order valence-electron chi connectivity index (χ1n) is 5.46. The molecule has 0 saturated carbocycles. The molecule has 1 N–H and O–H groups in total. The van der Waals surface area contributed by atoms with E-state index in [1.54, 1.807) is 12.3 Å². The predicted molar refractivity (Wildman–Crippen MR) is 59.1 cm³/mol. The van der Waals surface area contributed by atoms with E-state index in [9.17, 15) is 8.78 Å². The summed E-state index contributed by atoms with van der Waals surface area (Å²) in [5.41, 5.74) is 0.815. The van der Waals surface area contributed by atoms with E-state index in [4.69, 9.17) is 0 Å². The molecule has 0 unspecified atom stereocenters. The second kappa shape index (κ2) is 5.27. The zero-order valence-electron chi connectivity index (χ0n) is 9.40. The molecule has 2 heterocycles. The molecule has 1 fully saturated rings. The number of pyridine rings is 1. The van der Waals surface area contributed by atoms with Crippen LogP contribution in [0.1, 0.15) is 0 Å². The standard InChI is InChI=1S/C11H15F2N3O/c1-15-2-4-16(5-3-15)9-6-10(8-14-7-9)17-11(12)13/h6-8,11,15H,1-5H2. The Balaban J connectivity index is 2.05. The number of nitrogens with zero attached hydrogens (tertiary/aromatic N) is 2. The maximum absolute atomic E-state index is 12.1. The summed E-state index contributed by atoms with van der Waals surface area (Å²) in [6.45, 7) is 0.741. The zero-order chi connectivity index (χ0) is 12.3. The van der Waals surface area contributed by atoms with Crippen molar-refractivity contribution in [2.24, 2.45) is 0 Å². The van der Waals surface area contributed by atoms with Crippen LogP contribution >= 0.6 is 0 Å². The van der Waals surface area contributed by atoms with Gasteiger partial charge in [0.2, 0.25) is 0 Å². The first kappa shape index (κ1) is 12.0. The minimum atomic E-state index is -2.81. The summed E-state index contributed by atoms with van der Waals surface area (Å²) in [6.07, 6.45) is 2.95. The molecular formula is C11H15F2N3O. The molecule has 94 valence electrons. The van der Waals surface area contributed by atoms with Gasteiger partial charge in [-0.3, -0.25) is 4.98 Å². The largest absolute Gasteiger partial charge is 0.465 e. The molecule has 0 radical (unpaired) electrons. The molecular weight excluding hydrogens is 228 g/mol. The van der Waals surface area contributed by atoms with E-state index in [2.05, 4.69) is 21.7 Å². The maximum Gasteiger partial charge on any atom is 0.387 e. The lowest BCUT2D eigenvalue weighted by atomic mass is 10.3. The molecule has 0 bridgehead atoms. The Kier molecular flexibility index (Phi) is 3.73. The normalized spacial score (nSPS) is 17.5. The Bertz CT molecular complexity index is 367. The topological polar surface area (TPSA) is 29.8 Å². The van der Waals surface area contributed by atoms with Crippen molar-refractivity contribution in [3.8, 4) is 5.75 Å². The molecule has 1 saturated heterocycles. The quantitative estimate of drug-likeness (QED) is 0.768. The summed E-state index contributed by atoms with van der Waals surface area (Å²) in [7, 11) is 3.93. The monoisotopic (exact) mass is 243 g/mol. The number of anilines is 1. The van der Waals surface area contributed by atoms with Gasteiger partial charge in [-0.15, -0.1) is 0 Å². The van der Waals surface area contributed by atoms with E-state index >= 15 is 0 Å². The Labute approximate surface area is 98.8 Å². The van der Waals surface area contributed by atoms with Gasteiger partial charge in [-0.1, -0.05) is 0 Å². The molecule has 17 heavy (non-hydrogen) atoms. The summed E-state index contributed by atoms with van der Waals surface area (Å²) in [5, 5.41) is 0. The smallest absolute Gasteiger partial charge is 0.387 e. The van der Waals surface area contributed by atoms with Crippen molar-refractivity contribution in [2.75, 3.05) is 31.1 Å². The molecule has 1 aromatic heterocycles. The third kappa shape index (κ3) is 3.26. The highest BCUT2D eigenvalue weighted by molar-refractivity contribution is 5.48. The van der Waals surface area contributed by atoms with E-state index < -0.39 is 6.61 Å². The van der Waals surface area contributed by atoms with Gasteiger partial charge in [0.25, 0.3) is 0 Å². The van der Waals surface area contributed by atoms with E-state index in [0.29, 0.717) is 0 Å². The summed E-state index contributed by atoms with van der Waals surface area (Å²) in [4.78, 5) is 7.24. The predicted octanol–water partition coefficient (Wildman–Crippen LogP) is 0.179. The van der Waals surface area contributed by atoms with Crippen LogP contribution in [0.5, 0.6) is 5.75 Å². The fourth-order valence-corrected chi connectivity index (χ4v) is 1.83. The number of quaternary nitrogens is 1. The number of halogens is 2. The molecule has 2 rings (SSSR count). The molecule has 0 aliphatic carbocycles. The van der Waals surface area contributed by atoms with Gasteiger partial charge in [0.05, 0.1) is 44.3 Å². The third-order valence-corrected chi connectivity index (χ3v) is 2.76. The lowest BCUT2D eigenvalue weighted by molar-refractivity contribution is -0.854. The lowest BCUT2D eigenvalue weighted by Gasteiger charge is -2.35. The summed E-state index contributed by atoms with van der Waals surface area (Å²) < 4.78 is 28.5. The Morgan fingerprint density at radius 3 is 2.71 bits per heavy atom. The number of piperazine rings is 1. The molecule has 0 atom stereocenters. The number of aromatic nitrogens is 1. The van der Waals surface area contributed by atoms with Gasteiger partial charge in [0.1, 0.15) is 5.75 Å². The highest BCUT2D eigenvalue weighted by Gasteiger charge is 2.15. The number of nitrogens with one attached hydrogen (secondary N) is 1. The van der Waals surface area contributed by atoms with E-state index in [1.807, 2.05) is 0 Å². The number of hydrogen-bond acceptors (Lipinski definition) is 3. The van der Waals surface area contributed by atoms with Crippen molar-refractivity contribution in [3.63, 3.8) is 0 Å². The van der Waals surface area contributed by atoms with Crippen LogP contribution in [0.4, 0.5) is 14.5 Å². The van der Waals surface area contributed by atoms with Crippen molar-refractivity contribution in [1.82, 2.24) is 4.98 Å². The van der Waals surface area contributed by atoms with Gasteiger partial charge in [0, 0.05) is 6.07 Å². The van der Waals surface area contributed by atoms with Crippen molar-refractivity contribution >= 4 is 5.69 Å². The van der Waals surface area contributed by atoms with Crippen LogP contribution in [0.3, 0.4) is 0 Å². The average molecular weight is 243 g/mol. The fourth-order valence-electron chi connectivity index (χ4n) is 1.83. The Hall–Kier alpha value is -1.43. The Morgan fingerprint density at radius 1 is 1.35 bits per heavy atom. The van der Waals surface area contributed by atoms with Crippen LogP contribution in [0.2, 0.25) is 0 Å². The minimum Gasteiger partial charge on any atom is -0.465 e. The molecule has 1 aliphatic heterocycles. The van der Waals surface area contributed by atoms with Crippen LogP contribution in [0.15, 0.2) is 18.5 Å². The molecule has 1 aliphatic rings. The molecule has 0 spiro atoms. The first-order valence-corrected chi connectivity index (χ1v) is 5.46. The van der Waals surface area contributed by atoms with Crippen LogP contribution in [-0.2, 0) is 0 Å². The minimum absolute atomic E-state index is 0.0990. The second-order valence-electron chi connectivity index (χ2n) is 3.99. The van der Waals surface area contributed by atoms with Crippen molar-refractivity contribution in [2.45, 2.75) is 6.61 Å². The molecule has 4 nitrogen and oxygen atoms in total. The van der Waals surface area contributed by atoms with E-state index in [0.717, 1.165) is 31.9 Å². The van der Waals surface area contributed by atoms with Crippen LogP contribution in [0, 0.1) is 7.05 Å². The van der Waals surface area contributed by atoms with Gasteiger partial charge < -0.3 is 14.5 Å². The lowest BCUT2D eigenvalue weighted by Crippen LogP contribution is -3.10. The van der Waals surface area contributed by atoms with Gasteiger partial charge in [-0.2, -0.15) is 15.8 Å². The van der Waals surface area contributed by atoms with Gasteiger partial charge in [-0.05, 0) is 0 Å². The molecule has 1 aromatic rings. The Morgan fingerprint density at radius 2 is 2.06 bits per heavy atom. The average Bonchev–Trinajstić information content (AvgIpc) is 2.29. The summed E-state index contributed by atoms with van der Waals surface area (Å²) in [5.74, 6) is 0.0990. The highest BCUT2D eigenvalue weighted by atomic mass is 19.3. The summed E-state index contributed by atoms with van der Waals surface area (Å²) >= 11 is 0. The van der Waals surface area contributed by atoms with Crippen molar-refractivity contribution < 1.29 is 18.4 Å². The first-order chi connectivity index (χ1) is 8.15.